The predicted octanol–water partition coefficient (Wildman–Crippen LogP) is 3.60. The van der Waals surface area contributed by atoms with Crippen LogP contribution in [0.5, 0.6) is 5.75 Å². The van der Waals surface area contributed by atoms with Crippen LogP contribution in [0.25, 0.3) is 5.69 Å². The zero-order chi connectivity index (χ0) is 14.1. The quantitative estimate of drug-likeness (QED) is 0.858. The molecule has 0 saturated heterocycles. The van der Waals surface area contributed by atoms with E-state index < -0.39 is 6.61 Å². The number of rotatable bonds is 3. The highest BCUT2D eigenvalue weighted by atomic mass is 19.3. The molecule has 0 fully saturated rings. The lowest BCUT2D eigenvalue weighted by Crippen LogP contribution is -2.12. The van der Waals surface area contributed by atoms with E-state index in [0.717, 1.165) is 29.8 Å². The third-order valence-corrected chi connectivity index (χ3v) is 3.45. The third-order valence-electron chi connectivity index (χ3n) is 3.45. The van der Waals surface area contributed by atoms with Crippen LogP contribution in [-0.4, -0.2) is 17.0 Å². The molecule has 0 atom stereocenters. The second kappa shape index (κ2) is 5.07. The van der Waals surface area contributed by atoms with Crippen LogP contribution < -0.4 is 4.74 Å². The van der Waals surface area contributed by atoms with E-state index in [1.54, 1.807) is 12.1 Å². The SMILES string of the molecule is O=C1CCCc2c1ccn2-c1ccc(OC(F)F)cc1. The predicted molar refractivity (Wildman–Crippen MR) is 69.7 cm³/mol. The van der Waals surface area contributed by atoms with Gasteiger partial charge in [0.05, 0.1) is 0 Å². The van der Waals surface area contributed by atoms with Crippen molar-refractivity contribution < 1.29 is 18.3 Å². The van der Waals surface area contributed by atoms with Crippen LogP contribution in [0.3, 0.4) is 0 Å². The van der Waals surface area contributed by atoms with Gasteiger partial charge in [0.25, 0.3) is 0 Å². The number of carbonyl (C=O) groups is 1. The molecule has 3 nitrogen and oxygen atoms in total. The van der Waals surface area contributed by atoms with Gasteiger partial charge in [0.2, 0.25) is 0 Å². The molecule has 2 aromatic rings. The first kappa shape index (κ1) is 12.8. The average molecular weight is 277 g/mol. The summed E-state index contributed by atoms with van der Waals surface area (Å²) in [5.74, 6) is 0.295. The Balaban J connectivity index is 1.92. The van der Waals surface area contributed by atoms with Crippen molar-refractivity contribution in [2.45, 2.75) is 25.9 Å². The second-order valence-corrected chi connectivity index (χ2v) is 4.70. The van der Waals surface area contributed by atoms with Crippen molar-refractivity contribution >= 4 is 5.78 Å². The van der Waals surface area contributed by atoms with E-state index in [2.05, 4.69) is 4.74 Å². The molecule has 0 unspecified atom stereocenters. The van der Waals surface area contributed by atoms with Gasteiger partial charge in [0.15, 0.2) is 5.78 Å². The van der Waals surface area contributed by atoms with Gasteiger partial charge in [-0.25, -0.2) is 0 Å². The standard InChI is InChI=1S/C15H13F2NO2/c16-15(17)20-11-6-4-10(5-7-11)18-9-8-12-13(18)2-1-3-14(12)19/h4-9,15H,1-3H2. The van der Waals surface area contributed by atoms with Gasteiger partial charge in [0.1, 0.15) is 5.75 Å². The third kappa shape index (κ3) is 2.31. The second-order valence-electron chi connectivity index (χ2n) is 4.70. The van der Waals surface area contributed by atoms with Gasteiger partial charge in [-0.05, 0) is 43.2 Å². The summed E-state index contributed by atoms with van der Waals surface area (Å²) in [6.07, 6.45) is 4.14. The molecular formula is C15H13F2NO2. The first-order valence-corrected chi connectivity index (χ1v) is 6.44. The Bertz CT molecular complexity index is 632. The largest absolute Gasteiger partial charge is 0.435 e. The van der Waals surface area contributed by atoms with Gasteiger partial charge in [-0.15, -0.1) is 0 Å². The van der Waals surface area contributed by atoms with Crippen LogP contribution in [0.2, 0.25) is 0 Å². The molecule has 1 aliphatic carbocycles. The minimum atomic E-state index is -2.82. The molecule has 0 aliphatic heterocycles. The van der Waals surface area contributed by atoms with Crippen LogP contribution in [0, 0.1) is 0 Å². The highest BCUT2D eigenvalue weighted by molar-refractivity contribution is 5.98. The summed E-state index contributed by atoms with van der Waals surface area (Å²) in [4.78, 5) is 11.8. The van der Waals surface area contributed by atoms with Gasteiger partial charge in [-0.2, -0.15) is 8.78 Å². The lowest BCUT2D eigenvalue weighted by Gasteiger charge is -2.15. The Morgan fingerprint density at radius 3 is 2.55 bits per heavy atom. The fourth-order valence-electron chi connectivity index (χ4n) is 2.56. The number of hydrogen-bond acceptors (Lipinski definition) is 2. The number of ether oxygens (including phenoxy) is 1. The van der Waals surface area contributed by atoms with Gasteiger partial charge in [-0.3, -0.25) is 4.79 Å². The maximum Gasteiger partial charge on any atom is 0.387 e. The number of benzene rings is 1. The van der Waals surface area contributed by atoms with E-state index in [-0.39, 0.29) is 11.5 Å². The Hall–Kier alpha value is -2.17. The first-order chi connectivity index (χ1) is 9.65. The molecule has 0 spiro atoms. The molecule has 0 amide bonds. The summed E-state index contributed by atoms with van der Waals surface area (Å²) >= 11 is 0. The maximum absolute atomic E-state index is 12.1. The molecule has 20 heavy (non-hydrogen) atoms. The maximum atomic E-state index is 12.1. The van der Waals surface area contributed by atoms with E-state index in [9.17, 15) is 13.6 Å². The van der Waals surface area contributed by atoms with Gasteiger partial charge >= 0.3 is 6.61 Å². The molecule has 1 aromatic carbocycles. The van der Waals surface area contributed by atoms with Crippen molar-refractivity contribution in [1.82, 2.24) is 4.57 Å². The highest BCUT2D eigenvalue weighted by Gasteiger charge is 2.20. The zero-order valence-electron chi connectivity index (χ0n) is 10.7. The van der Waals surface area contributed by atoms with Crippen molar-refractivity contribution in [3.63, 3.8) is 0 Å². The fraction of sp³-hybridized carbons (Fsp3) is 0.267. The summed E-state index contributed by atoms with van der Waals surface area (Å²) in [5, 5.41) is 0. The number of nitrogens with zero attached hydrogens (tertiary/aromatic N) is 1. The Morgan fingerprint density at radius 1 is 1.10 bits per heavy atom. The highest BCUT2D eigenvalue weighted by Crippen LogP contribution is 2.26. The number of alkyl halides is 2. The number of fused-ring (bicyclic) bond motifs is 1. The summed E-state index contributed by atoms with van der Waals surface area (Å²) in [5.41, 5.74) is 2.59. The van der Waals surface area contributed by atoms with Crippen LogP contribution in [0.1, 0.15) is 28.9 Å². The van der Waals surface area contributed by atoms with Crippen molar-refractivity contribution in [3.05, 3.63) is 47.8 Å². The Labute approximate surface area is 114 Å². The lowest BCUT2D eigenvalue weighted by molar-refractivity contribution is -0.0498. The minimum Gasteiger partial charge on any atom is -0.435 e. The van der Waals surface area contributed by atoms with Gasteiger partial charge in [-0.1, -0.05) is 0 Å². The van der Waals surface area contributed by atoms with Gasteiger partial charge < -0.3 is 9.30 Å². The Kier molecular flexibility index (Phi) is 3.26. The van der Waals surface area contributed by atoms with E-state index in [1.807, 2.05) is 16.8 Å². The molecular weight excluding hydrogens is 264 g/mol. The molecule has 0 saturated carbocycles. The molecule has 0 radical (unpaired) electrons. The number of Topliss-reactive ketones (excluding diaryl/α,β-unsaturated/α-hetero) is 1. The normalized spacial score (nSPS) is 14.4. The van der Waals surface area contributed by atoms with Crippen LogP contribution in [-0.2, 0) is 6.42 Å². The van der Waals surface area contributed by atoms with E-state index in [0.29, 0.717) is 6.42 Å². The van der Waals surface area contributed by atoms with Crippen molar-refractivity contribution in [2.75, 3.05) is 0 Å². The molecule has 0 bridgehead atoms. The van der Waals surface area contributed by atoms with Gasteiger partial charge in [0, 0.05) is 29.6 Å². The number of carbonyl (C=O) groups excluding carboxylic acids is 1. The molecule has 3 rings (SSSR count). The smallest absolute Gasteiger partial charge is 0.387 e. The van der Waals surface area contributed by atoms with Crippen LogP contribution >= 0.6 is 0 Å². The topological polar surface area (TPSA) is 31.2 Å². The molecule has 0 N–H and O–H groups in total. The molecule has 1 heterocycles. The number of aromatic nitrogens is 1. The summed E-state index contributed by atoms with van der Waals surface area (Å²) in [7, 11) is 0. The van der Waals surface area contributed by atoms with E-state index >= 15 is 0 Å². The monoisotopic (exact) mass is 277 g/mol. The minimum absolute atomic E-state index is 0.126. The molecule has 1 aromatic heterocycles. The van der Waals surface area contributed by atoms with Crippen LogP contribution in [0.4, 0.5) is 8.78 Å². The summed E-state index contributed by atoms with van der Waals surface area (Å²) in [6.45, 7) is -2.82. The van der Waals surface area contributed by atoms with Crippen LogP contribution in [0.15, 0.2) is 36.5 Å². The Morgan fingerprint density at radius 2 is 1.85 bits per heavy atom. The van der Waals surface area contributed by atoms with Crippen molar-refractivity contribution in [1.29, 1.82) is 0 Å². The summed E-state index contributed by atoms with van der Waals surface area (Å²) in [6, 6.07) is 8.23. The molecule has 1 aliphatic rings. The first-order valence-electron chi connectivity index (χ1n) is 6.44. The molecule has 104 valence electrons. The zero-order valence-corrected chi connectivity index (χ0v) is 10.7. The molecule has 5 heteroatoms. The van der Waals surface area contributed by atoms with E-state index in [4.69, 9.17) is 0 Å². The lowest BCUT2D eigenvalue weighted by atomic mass is 9.97. The number of ketones is 1. The number of hydrogen-bond donors (Lipinski definition) is 0. The number of halogens is 2. The van der Waals surface area contributed by atoms with Crippen molar-refractivity contribution in [2.24, 2.45) is 0 Å². The van der Waals surface area contributed by atoms with Crippen molar-refractivity contribution in [3.8, 4) is 11.4 Å². The van der Waals surface area contributed by atoms with E-state index in [1.165, 1.54) is 12.1 Å². The fourth-order valence-corrected chi connectivity index (χ4v) is 2.56. The summed E-state index contributed by atoms with van der Waals surface area (Å²) < 4.78 is 30.4. The average Bonchev–Trinajstić information content (AvgIpc) is 2.84.